The first-order valence-electron chi connectivity index (χ1n) is 10.4. The summed E-state index contributed by atoms with van der Waals surface area (Å²) < 4.78 is 7.05. The molecule has 0 spiro atoms. The molecule has 6 nitrogen and oxygen atoms in total. The molecule has 0 atom stereocenters. The molecule has 162 valence electrons. The molecule has 1 aliphatic rings. The van der Waals surface area contributed by atoms with Gasteiger partial charge < -0.3 is 9.73 Å². The molecule has 0 aliphatic heterocycles. The fourth-order valence-corrected chi connectivity index (χ4v) is 5.50. The second-order valence-corrected chi connectivity index (χ2v) is 9.20. The zero-order valence-electron chi connectivity index (χ0n) is 17.3. The zero-order valence-corrected chi connectivity index (χ0v) is 18.9. The van der Waals surface area contributed by atoms with Gasteiger partial charge in [0.05, 0.1) is 17.4 Å². The number of thioether (sulfide) groups is 1. The van der Waals surface area contributed by atoms with Crippen LogP contribution >= 0.6 is 23.1 Å². The van der Waals surface area contributed by atoms with Crippen LogP contribution in [0.4, 0.5) is 0 Å². The number of fused-ring (bicyclic) bond motifs is 1. The van der Waals surface area contributed by atoms with Crippen LogP contribution in [0, 0.1) is 0 Å². The van der Waals surface area contributed by atoms with E-state index in [-0.39, 0.29) is 17.2 Å². The molecule has 8 heteroatoms. The molecule has 0 radical (unpaired) electrons. The van der Waals surface area contributed by atoms with E-state index in [2.05, 4.69) is 23.0 Å². The third kappa shape index (κ3) is 5.02. The number of carbonyl (C=O) groups excluding carboxylic acids is 1. The van der Waals surface area contributed by atoms with E-state index >= 15 is 0 Å². The highest BCUT2D eigenvalue weighted by Gasteiger charge is 2.19. The van der Waals surface area contributed by atoms with E-state index in [1.54, 1.807) is 23.0 Å². The minimum Gasteiger partial charge on any atom is -0.464 e. The Morgan fingerprint density at radius 2 is 2.32 bits per heavy atom. The minimum absolute atomic E-state index is 0.0524. The summed E-state index contributed by atoms with van der Waals surface area (Å²) in [4.78, 5) is 30.9. The Labute approximate surface area is 189 Å². The molecule has 4 rings (SSSR count). The van der Waals surface area contributed by atoms with Crippen LogP contribution in [-0.2, 0) is 11.3 Å². The van der Waals surface area contributed by atoms with Crippen molar-refractivity contribution in [2.45, 2.75) is 43.8 Å². The lowest BCUT2D eigenvalue weighted by atomic mass is 9.97. The van der Waals surface area contributed by atoms with Crippen LogP contribution in [0.25, 0.3) is 21.5 Å². The summed E-state index contributed by atoms with van der Waals surface area (Å²) in [6.07, 6.45) is 11.3. The number of thiophene rings is 1. The van der Waals surface area contributed by atoms with Crippen molar-refractivity contribution in [2.24, 2.45) is 0 Å². The standard InChI is InChI=1S/C23H25N3O3S2/c1-2-12-26-22(28)20-17(18-9-6-13-29-18)14-30-21(20)25-23(26)31-15-19(27)24-11-10-16-7-4-3-5-8-16/h2,6-7,9,13-14H,1,3-5,8,10-12,15H2,(H,24,27). The predicted octanol–water partition coefficient (Wildman–Crippen LogP) is 5.00. The van der Waals surface area contributed by atoms with Gasteiger partial charge in [0.25, 0.3) is 5.56 Å². The molecule has 0 fully saturated rings. The molecule has 0 aromatic carbocycles. The van der Waals surface area contributed by atoms with Crippen LogP contribution in [0.15, 0.2) is 62.4 Å². The molecule has 0 saturated heterocycles. The second-order valence-electron chi connectivity index (χ2n) is 7.40. The summed E-state index contributed by atoms with van der Waals surface area (Å²) in [6, 6.07) is 3.62. The third-order valence-electron chi connectivity index (χ3n) is 5.24. The molecule has 1 aliphatic carbocycles. The maximum Gasteiger partial charge on any atom is 0.263 e. The van der Waals surface area contributed by atoms with Gasteiger partial charge in [0.1, 0.15) is 10.6 Å². The van der Waals surface area contributed by atoms with E-state index < -0.39 is 0 Å². The summed E-state index contributed by atoms with van der Waals surface area (Å²) in [7, 11) is 0. The number of amides is 1. The lowest BCUT2D eigenvalue weighted by Crippen LogP contribution is -2.28. The van der Waals surface area contributed by atoms with E-state index in [1.807, 2.05) is 11.4 Å². The second kappa shape index (κ2) is 10.2. The topological polar surface area (TPSA) is 77.1 Å². The summed E-state index contributed by atoms with van der Waals surface area (Å²) in [6.45, 7) is 4.74. The van der Waals surface area contributed by atoms with Crippen LogP contribution in [0.1, 0.15) is 32.1 Å². The average molecular weight is 456 g/mol. The Morgan fingerprint density at radius 1 is 1.42 bits per heavy atom. The molecule has 3 aromatic heterocycles. The van der Waals surface area contributed by atoms with Crippen molar-refractivity contribution in [1.82, 2.24) is 14.9 Å². The monoisotopic (exact) mass is 455 g/mol. The van der Waals surface area contributed by atoms with Gasteiger partial charge in [-0.1, -0.05) is 29.5 Å². The molecule has 0 saturated carbocycles. The van der Waals surface area contributed by atoms with Gasteiger partial charge in [0.2, 0.25) is 5.91 Å². The fourth-order valence-electron chi connectivity index (χ4n) is 3.69. The van der Waals surface area contributed by atoms with Gasteiger partial charge in [-0.3, -0.25) is 14.2 Å². The van der Waals surface area contributed by atoms with Crippen LogP contribution < -0.4 is 10.9 Å². The molecule has 3 heterocycles. The van der Waals surface area contributed by atoms with Crippen molar-refractivity contribution in [3.8, 4) is 11.3 Å². The Morgan fingerprint density at radius 3 is 3.06 bits per heavy atom. The van der Waals surface area contributed by atoms with Crippen LogP contribution in [0.2, 0.25) is 0 Å². The number of nitrogens with zero attached hydrogens (tertiary/aromatic N) is 2. The molecule has 1 amide bonds. The lowest BCUT2D eigenvalue weighted by Gasteiger charge is -2.13. The number of rotatable bonds is 9. The molecule has 3 aromatic rings. The molecular formula is C23H25N3O3S2. The maximum atomic E-state index is 13.2. The summed E-state index contributed by atoms with van der Waals surface area (Å²) in [5.41, 5.74) is 2.03. The van der Waals surface area contributed by atoms with Crippen molar-refractivity contribution in [2.75, 3.05) is 12.3 Å². The van der Waals surface area contributed by atoms with Gasteiger partial charge in [0.15, 0.2) is 5.16 Å². The number of carbonyl (C=O) groups is 1. The van der Waals surface area contributed by atoms with Crippen LogP contribution in [0.5, 0.6) is 0 Å². The fraction of sp³-hybridized carbons (Fsp3) is 0.348. The van der Waals surface area contributed by atoms with E-state index in [0.29, 0.717) is 34.2 Å². The first-order chi connectivity index (χ1) is 15.2. The Balaban J connectivity index is 1.47. The summed E-state index contributed by atoms with van der Waals surface area (Å²) in [5.74, 6) is 0.802. The highest BCUT2D eigenvalue weighted by atomic mass is 32.2. The number of allylic oxidation sites excluding steroid dienone is 2. The highest BCUT2D eigenvalue weighted by Crippen LogP contribution is 2.32. The number of aromatic nitrogens is 2. The van der Waals surface area contributed by atoms with Gasteiger partial charge in [-0.2, -0.15) is 0 Å². The predicted molar refractivity (Wildman–Crippen MR) is 127 cm³/mol. The Kier molecular flexibility index (Phi) is 7.09. The normalized spacial score (nSPS) is 13.9. The third-order valence-corrected chi connectivity index (χ3v) is 7.09. The number of hydrogen-bond donors (Lipinski definition) is 1. The molecular weight excluding hydrogens is 430 g/mol. The van der Waals surface area contributed by atoms with Crippen LogP contribution in [-0.4, -0.2) is 27.8 Å². The van der Waals surface area contributed by atoms with Gasteiger partial charge in [-0.05, 0) is 44.2 Å². The number of nitrogens with one attached hydrogen (secondary N) is 1. The summed E-state index contributed by atoms with van der Waals surface area (Å²) in [5, 5.41) is 5.93. The van der Waals surface area contributed by atoms with E-state index in [4.69, 9.17) is 4.42 Å². The van der Waals surface area contributed by atoms with Crippen molar-refractivity contribution >= 4 is 39.2 Å². The van der Waals surface area contributed by atoms with Crippen LogP contribution in [0.3, 0.4) is 0 Å². The quantitative estimate of drug-likeness (QED) is 0.279. The molecule has 31 heavy (non-hydrogen) atoms. The van der Waals surface area contributed by atoms with E-state index in [9.17, 15) is 9.59 Å². The van der Waals surface area contributed by atoms with E-state index in [0.717, 1.165) is 24.8 Å². The molecule has 0 unspecified atom stereocenters. The maximum absolute atomic E-state index is 13.2. The van der Waals surface area contributed by atoms with Gasteiger partial charge in [0, 0.05) is 24.0 Å². The zero-order chi connectivity index (χ0) is 21.6. The van der Waals surface area contributed by atoms with Gasteiger partial charge in [-0.25, -0.2) is 4.98 Å². The van der Waals surface area contributed by atoms with Crippen molar-refractivity contribution in [1.29, 1.82) is 0 Å². The first-order valence-corrected chi connectivity index (χ1v) is 12.3. The lowest BCUT2D eigenvalue weighted by molar-refractivity contribution is -0.118. The van der Waals surface area contributed by atoms with Gasteiger partial charge >= 0.3 is 0 Å². The molecule has 1 N–H and O–H groups in total. The smallest absolute Gasteiger partial charge is 0.263 e. The summed E-state index contributed by atoms with van der Waals surface area (Å²) >= 11 is 2.68. The number of furan rings is 1. The molecule has 0 bridgehead atoms. The Bertz CT molecular complexity index is 1160. The SMILES string of the molecule is C=CCn1c(SCC(=O)NCCC2=CCCCC2)nc2scc(-c3ccco3)c2c1=O. The van der Waals surface area contributed by atoms with Gasteiger partial charge in [-0.15, -0.1) is 17.9 Å². The average Bonchev–Trinajstić information content (AvgIpc) is 3.45. The van der Waals surface area contributed by atoms with E-state index in [1.165, 1.54) is 41.5 Å². The minimum atomic E-state index is -0.148. The first kappa shape index (κ1) is 21.6. The van der Waals surface area contributed by atoms with Crippen molar-refractivity contribution in [3.05, 3.63) is 58.4 Å². The number of hydrogen-bond acceptors (Lipinski definition) is 6. The highest BCUT2D eigenvalue weighted by molar-refractivity contribution is 7.99. The van der Waals surface area contributed by atoms with Crippen molar-refractivity contribution < 1.29 is 9.21 Å². The van der Waals surface area contributed by atoms with Crippen molar-refractivity contribution in [3.63, 3.8) is 0 Å². The Hall–Kier alpha value is -2.58. The largest absolute Gasteiger partial charge is 0.464 e.